The van der Waals surface area contributed by atoms with Crippen LogP contribution in [0, 0.1) is 0 Å². The van der Waals surface area contributed by atoms with Gasteiger partial charge in [0, 0.05) is 32.9 Å². The molecule has 0 aromatic rings. The van der Waals surface area contributed by atoms with Crippen LogP contribution in [0.4, 0.5) is 0 Å². The first kappa shape index (κ1) is 15.6. The molecule has 2 aliphatic heterocycles. The molecule has 0 bridgehead atoms. The predicted molar refractivity (Wildman–Crippen MR) is 76.3 cm³/mol. The molecule has 0 aromatic carbocycles. The fourth-order valence-corrected chi connectivity index (χ4v) is 4.33. The molecule has 2 saturated heterocycles. The van der Waals surface area contributed by atoms with Gasteiger partial charge in [-0.1, -0.05) is 0 Å². The maximum absolute atomic E-state index is 12.5. The van der Waals surface area contributed by atoms with Gasteiger partial charge < -0.3 is 19.6 Å². The van der Waals surface area contributed by atoms with Gasteiger partial charge in [0.2, 0.25) is 11.8 Å². The highest BCUT2D eigenvalue weighted by atomic mass is 32.2. The molecule has 2 heterocycles. The van der Waals surface area contributed by atoms with Crippen LogP contribution < -0.4 is 0 Å². The molecule has 2 fully saturated rings. The Morgan fingerprint density at radius 3 is 3.05 bits per heavy atom. The van der Waals surface area contributed by atoms with Gasteiger partial charge in [-0.3, -0.25) is 9.59 Å². The lowest BCUT2D eigenvalue weighted by Crippen LogP contribution is -2.51. The number of ether oxygens (including phenoxy) is 1. The van der Waals surface area contributed by atoms with Crippen LogP contribution in [0.15, 0.2) is 0 Å². The van der Waals surface area contributed by atoms with E-state index in [-0.39, 0.29) is 29.8 Å². The highest BCUT2D eigenvalue weighted by Gasteiger charge is 2.53. The number of carbonyl (C=O) groups excluding carboxylic acids is 2. The predicted octanol–water partition coefficient (Wildman–Crippen LogP) is -0.0939. The van der Waals surface area contributed by atoms with Gasteiger partial charge in [-0.15, -0.1) is 11.8 Å². The molecule has 2 rings (SSSR count). The summed E-state index contributed by atoms with van der Waals surface area (Å²) in [5, 5.41) is 9.70. The molecule has 114 valence electrons. The van der Waals surface area contributed by atoms with Crippen LogP contribution in [0.3, 0.4) is 0 Å². The maximum atomic E-state index is 12.5. The Morgan fingerprint density at radius 2 is 2.40 bits per heavy atom. The zero-order valence-electron chi connectivity index (χ0n) is 12.2. The minimum atomic E-state index is -0.705. The maximum Gasteiger partial charge on any atom is 0.246 e. The van der Waals surface area contributed by atoms with Gasteiger partial charge in [-0.05, 0) is 13.3 Å². The Bertz CT molecular complexity index is 406. The minimum Gasteiger partial charge on any atom is -0.389 e. The van der Waals surface area contributed by atoms with E-state index in [1.807, 2.05) is 6.92 Å². The molecule has 0 saturated carbocycles. The van der Waals surface area contributed by atoms with Gasteiger partial charge in [-0.25, -0.2) is 0 Å². The van der Waals surface area contributed by atoms with E-state index in [0.717, 1.165) is 6.42 Å². The van der Waals surface area contributed by atoms with Crippen LogP contribution in [-0.2, 0) is 14.3 Å². The Balaban J connectivity index is 2.01. The Kier molecular flexibility index (Phi) is 4.61. The van der Waals surface area contributed by atoms with Gasteiger partial charge >= 0.3 is 0 Å². The van der Waals surface area contributed by atoms with E-state index in [1.54, 1.807) is 23.7 Å². The number of amides is 2. The number of thioether (sulfide) groups is 1. The van der Waals surface area contributed by atoms with Gasteiger partial charge in [0.05, 0.1) is 17.6 Å². The van der Waals surface area contributed by atoms with Crippen molar-refractivity contribution < 1.29 is 19.4 Å². The lowest BCUT2D eigenvalue weighted by molar-refractivity contribution is -0.143. The molecule has 7 heteroatoms. The van der Waals surface area contributed by atoms with Crippen molar-refractivity contribution in [2.24, 2.45) is 0 Å². The van der Waals surface area contributed by atoms with Crippen LogP contribution in [0.1, 0.15) is 19.8 Å². The molecule has 0 aromatic heterocycles. The number of carbonyl (C=O) groups is 2. The van der Waals surface area contributed by atoms with Gasteiger partial charge in [0.15, 0.2) is 0 Å². The largest absolute Gasteiger partial charge is 0.389 e. The lowest BCUT2D eigenvalue weighted by Gasteiger charge is -2.32. The number of fused-ring (bicyclic) bond motifs is 1. The first-order valence-corrected chi connectivity index (χ1v) is 7.75. The third-order valence-corrected chi connectivity index (χ3v) is 5.45. The smallest absolute Gasteiger partial charge is 0.246 e. The summed E-state index contributed by atoms with van der Waals surface area (Å²) in [7, 11) is 3.16. The molecule has 1 N–H and O–H groups in total. The summed E-state index contributed by atoms with van der Waals surface area (Å²) in [4.78, 5) is 27.5. The quantitative estimate of drug-likeness (QED) is 0.768. The molecule has 0 radical (unpaired) electrons. The average Bonchev–Trinajstić information content (AvgIpc) is 2.86. The van der Waals surface area contributed by atoms with E-state index in [0.29, 0.717) is 12.2 Å². The number of hydrogen-bond donors (Lipinski definition) is 1. The summed E-state index contributed by atoms with van der Waals surface area (Å²) in [6.07, 6.45) is 0.614. The van der Waals surface area contributed by atoms with E-state index < -0.39 is 12.1 Å². The molecule has 2 aliphatic rings. The number of aliphatic hydroxyl groups is 1. The van der Waals surface area contributed by atoms with Crippen LogP contribution in [-0.4, -0.2) is 76.8 Å². The molecule has 2 amide bonds. The summed E-state index contributed by atoms with van der Waals surface area (Å²) in [5.74, 6) is 0.583. The van der Waals surface area contributed by atoms with E-state index in [9.17, 15) is 14.7 Å². The van der Waals surface area contributed by atoms with E-state index in [4.69, 9.17) is 4.74 Å². The highest BCUT2D eigenvalue weighted by molar-refractivity contribution is 8.01. The topological polar surface area (TPSA) is 70.1 Å². The molecular formula is C13H22N2O4S. The van der Waals surface area contributed by atoms with Crippen molar-refractivity contribution in [1.29, 1.82) is 0 Å². The molecule has 3 unspecified atom stereocenters. The van der Waals surface area contributed by atoms with E-state index >= 15 is 0 Å². The molecule has 20 heavy (non-hydrogen) atoms. The normalized spacial score (nSPS) is 30.5. The average molecular weight is 302 g/mol. The summed E-state index contributed by atoms with van der Waals surface area (Å²) < 4.78 is 4.86. The first-order chi connectivity index (χ1) is 9.39. The van der Waals surface area contributed by atoms with Crippen molar-refractivity contribution in [2.45, 2.75) is 36.8 Å². The monoisotopic (exact) mass is 302 g/mol. The molecule has 3 atom stereocenters. The van der Waals surface area contributed by atoms with E-state index in [2.05, 4.69) is 0 Å². The van der Waals surface area contributed by atoms with Crippen molar-refractivity contribution >= 4 is 23.6 Å². The third kappa shape index (κ3) is 2.80. The van der Waals surface area contributed by atoms with Crippen LogP contribution >= 0.6 is 11.8 Å². The summed E-state index contributed by atoms with van der Waals surface area (Å²) in [5.41, 5.74) is 0. The number of hydrogen-bond acceptors (Lipinski definition) is 5. The Morgan fingerprint density at radius 1 is 1.70 bits per heavy atom. The van der Waals surface area contributed by atoms with E-state index in [1.165, 1.54) is 12.0 Å². The van der Waals surface area contributed by atoms with Crippen molar-refractivity contribution in [3.63, 3.8) is 0 Å². The van der Waals surface area contributed by atoms with Crippen LogP contribution in [0.25, 0.3) is 0 Å². The minimum absolute atomic E-state index is 0.0571. The number of likely N-dealkylation sites (N-methyl/N-ethyl adjacent to an activating group) is 1. The van der Waals surface area contributed by atoms with Crippen molar-refractivity contribution in [2.75, 3.05) is 33.1 Å². The molecule has 6 nitrogen and oxygen atoms in total. The summed E-state index contributed by atoms with van der Waals surface area (Å²) in [6, 6.07) is -0.403. The number of aliphatic hydroxyl groups excluding tert-OH is 1. The fourth-order valence-electron chi connectivity index (χ4n) is 2.91. The molecule has 0 aliphatic carbocycles. The van der Waals surface area contributed by atoms with Crippen LogP contribution in [0.2, 0.25) is 0 Å². The second-order valence-corrected chi connectivity index (χ2v) is 7.09. The van der Waals surface area contributed by atoms with Gasteiger partial charge in [-0.2, -0.15) is 0 Å². The zero-order valence-corrected chi connectivity index (χ0v) is 13.0. The fraction of sp³-hybridized carbons (Fsp3) is 0.846. The number of methoxy groups -OCH3 is 1. The zero-order chi connectivity index (χ0) is 14.9. The SMILES string of the molecule is COCC(O)CN(C)C(=O)C1CSC2(C)CCC(=O)N12. The Hall–Kier alpha value is -0.790. The summed E-state index contributed by atoms with van der Waals surface area (Å²) >= 11 is 1.67. The lowest BCUT2D eigenvalue weighted by atomic mass is 10.2. The first-order valence-electron chi connectivity index (χ1n) is 6.77. The van der Waals surface area contributed by atoms with Crippen molar-refractivity contribution in [3.05, 3.63) is 0 Å². The van der Waals surface area contributed by atoms with Crippen molar-refractivity contribution in [1.82, 2.24) is 9.80 Å². The number of nitrogens with zero attached hydrogens (tertiary/aromatic N) is 2. The highest BCUT2D eigenvalue weighted by Crippen LogP contribution is 2.47. The van der Waals surface area contributed by atoms with Gasteiger partial charge in [0.1, 0.15) is 6.04 Å². The standard InChI is InChI=1S/C13H22N2O4S/c1-13-5-4-11(17)15(13)10(8-20-13)12(18)14(2)6-9(16)7-19-3/h9-10,16H,4-8H2,1-3H3. The number of rotatable bonds is 5. The van der Waals surface area contributed by atoms with Gasteiger partial charge in [0.25, 0.3) is 0 Å². The third-order valence-electron chi connectivity index (χ3n) is 3.95. The molecular weight excluding hydrogens is 280 g/mol. The molecule has 0 spiro atoms. The summed E-state index contributed by atoms with van der Waals surface area (Å²) in [6.45, 7) is 2.43. The second-order valence-electron chi connectivity index (χ2n) is 5.59. The Labute approximate surface area is 123 Å². The second kappa shape index (κ2) is 5.91. The van der Waals surface area contributed by atoms with Crippen molar-refractivity contribution in [3.8, 4) is 0 Å². The van der Waals surface area contributed by atoms with Crippen LogP contribution in [0.5, 0.6) is 0 Å².